The van der Waals surface area contributed by atoms with Crippen LogP contribution < -0.4 is 5.32 Å². The molecule has 0 saturated carbocycles. The first-order valence-electron chi connectivity index (χ1n) is 6.64. The molecule has 0 aliphatic carbocycles. The summed E-state index contributed by atoms with van der Waals surface area (Å²) in [7, 11) is 0. The van der Waals surface area contributed by atoms with Gasteiger partial charge in [0.1, 0.15) is 5.76 Å². The second-order valence-corrected chi connectivity index (χ2v) is 4.83. The molecule has 0 aliphatic heterocycles. The van der Waals surface area contributed by atoms with Gasteiger partial charge in [0.2, 0.25) is 5.91 Å². The smallest absolute Gasteiger partial charge is 0.224 e. The minimum absolute atomic E-state index is 0.0803. The maximum atomic E-state index is 12.0. The van der Waals surface area contributed by atoms with Gasteiger partial charge in [0.05, 0.1) is 30.0 Å². The van der Waals surface area contributed by atoms with Crippen molar-refractivity contribution in [2.75, 3.05) is 5.32 Å². The summed E-state index contributed by atoms with van der Waals surface area (Å²) in [4.78, 5) is 16.2. The van der Waals surface area contributed by atoms with E-state index in [4.69, 9.17) is 4.52 Å². The SMILES string of the molecule is Cc1noc(C)c1CCC(=O)Nc1cnc2ccnn2c1. The lowest BCUT2D eigenvalue weighted by Gasteiger charge is -2.05. The van der Waals surface area contributed by atoms with Crippen molar-refractivity contribution in [3.8, 4) is 0 Å². The van der Waals surface area contributed by atoms with Gasteiger partial charge >= 0.3 is 0 Å². The fraction of sp³-hybridized carbons (Fsp3) is 0.286. The fourth-order valence-electron chi connectivity index (χ4n) is 2.20. The Hall–Kier alpha value is -2.70. The zero-order chi connectivity index (χ0) is 14.8. The van der Waals surface area contributed by atoms with E-state index in [1.54, 1.807) is 29.2 Å². The van der Waals surface area contributed by atoms with Crippen molar-refractivity contribution in [3.05, 3.63) is 41.7 Å². The highest BCUT2D eigenvalue weighted by molar-refractivity contribution is 5.90. The highest BCUT2D eigenvalue weighted by Crippen LogP contribution is 2.15. The van der Waals surface area contributed by atoms with Crippen molar-refractivity contribution in [2.45, 2.75) is 26.7 Å². The standard InChI is InChI=1S/C14H15N5O2/c1-9-12(10(2)21-18-9)3-4-14(20)17-11-7-15-13-5-6-16-19(13)8-11/h5-8H,3-4H2,1-2H3,(H,17,20). The van der Waals surface area contributed by atoms with Crippen LogP contribution in [0.3, 0.4) is 0 Å². The Balaban J connectivity index is 1.63. The van der Waals surface area contributed by atoms with E-state index in [1.807, 2.05) is 13.8 Å². The summed E-state index contributed by atoms with van der Waals surface area (Å²) >= 11 is 0. The topological polar surface area (TPSA) is 85.3 Å². The molecule has 108 valence electrons. The maximum Gasteiger partial charge on any atom is 0.224 e. The van der Waals surface area contributed by atoms with Crippen molar-refractivity contribution < 1.29 is 9.32 Å². The summed E-state index contributed by atoms with van der Waals surface area (Å²) in [5.41, 5.74) is 3.18. The first kappa shape index (κ1) is 13.3. The average Bonchev–Trinajstić information content (AvgIpc) is 3.04. The van der Waals surface area contributed by atoms with Crippen molar-refractivity contribution in [1.82, 2.24) is 19.8 Å². The normalized spacial score (nSPS) is 11.0. The maximum absolute atomic E-state index is 12.0. The average molecular weight is 285 g/mol. The molecule has 0 radical (unpaired) electrons. The van der Waals surface area contributed by atoms with Crippen LogP contribution in [0.5, 0.6) is 0 Å². The first-order chi connectivity index (χ1) is 10.1. The monoisotopic (exact) mass is 285 g/mol. The highest BCUT2D eigenvalue weighted by atomic mass is 16.5. The van der Waals surface area contributed by atoms with Gasteiger partial charge in [-0.25, -0.2) is 9.50 Å². The number of aryl methyl sites for hydroxylation is 2. The van der Waals surface area contributed by atoms with E-state index in [1.165, 1.54) is 0 Å². The third-order valence-electron chi connectivity index (χ3n) is 3.31. The van der Waals surface area contributed by atoms with E-state index in [2.05, 4.69) is 20.6 Å². The van der Waals surface area contributed by atoms with E-state index < -0.39 is 0 Å². The van der Waals surface area contributed by atoms with E-state index >= 15 is 0 Å². The Morgan fingerprint density at radius 2 is 2.29 bits per heavy atom. The Bertz CT molecular complexity index is 770. The second-order valence-electron chi connectivity index (χ2n) is 4.83. The third kappa shape index (κ3) is 2.76. The molecule has 7 heteroatoms. The van der Waals surface area contributed by atoms with Gasteiger partial charge in [0.25, 0.3) is 0 Å². The molecule has 0 unspecified atom stereocenters. The molecule has 0 fully saturated rings. The van der Waals surface area contributed by atoms with Crippen LogP contribution in [0.15, 0.2) is 29.2 Å². The quantitative estimate of drug-likeness (QED) is 0.791. The van der Waals surface area contributed by atoms with Gasteiger partial charge in [0.15, 0.2) is 5.65 Å². The van der Waals surface area contributed by atoms with E-state index in [0.29, 0.717) is 18.5 Å². The molecular formula is C14H15N5O2. The minimum Gasteiger partial charge on any atom is -0.361 e. The largest absolute Gasteiger partial charge is 0.361 e. The Kier molecular flexibility index (Phi) is 3.39. The van der Waals surface area contributed by atoms with Crippen LogP contribution in [-0.4, -0.2) is 25.7 Å². The molecule has 3 rings (SSSR count). The predicted octanol–water partition coefficient (Wildman–Crippen LogP) is 1.91. The first-order valence-corrected chi connectivity index (χ1v) is 6.64. The molecule has 0 aliphatic rings. The lowest BCUT2D eigenvalue weighted by molar-refractivity contribution is -0.116. The number of carbonyl (C=O) groups excluding carboxylic acids is 1. The molecule has 0 spiro atoms. The summed E-state index contributed by atoms with van der Waals surface area (Å²) in [6.07, 6.45) is 5.97. The zero-order valence-corrected chi connectivity index (χ0v) is 11.8. The lowest BCUT2D eigenvalue weighted by Crippen LogP contribution is -2.13. The van der Waals surface area contributed by atoms with Gasteiger partial charge in [0, 0.05) is 18.1 Å². The lowest BCUT2D eigenvalue weighted by atomic mass is 10.1. The van der Waals surface area contributed by atoms with Crippen LogP contribution in [0.25, 0.3) is 5.65 Å². The minimum atomic E-state index is -0.0803. The van der Waals surface area contributed by atoms with Crippen LogP contribution in [0.1, 0.15) is 23.4 Å². The molecule has 3 aromatic heterocycles. The van der Waals surface area contributed by atoms with Gasteiger partial charge < -0.3 is 9.84 Å². The Morgan fingerprint density at radius 1 is 1.43 bits per heavy atom. The van der Waals surface area contributed by atoms with Gasteiger partial charge in [-0.05, 0) is 20.3 Å². The number of nitrogens with one attached hydrogen (secondary N) is 1. The van der Waals surface area contributed by atoms with Crippen molar-refractivity contribution in [3.63, 3.8) is 0 Å². The van der Waals surface area contributed by atoms with Crippen molar-refractivity contribution >= 4 is 17.2 Å². The predicted molar refractivity (Wildman–Crippen MR) is 75.9 cm³/mol. The second kappa shape index (κ2) is 5.35. The number of nitrogens with zero attached hydrogens (tertiary/aromatic N) is 4. The van der Waals surface area contributed by atoms with Gasteiger partial charge in [-0.1, -0.05) is 5.16 Å². The molecule has 0 aromatic carbocycles. The van der Waals surface area contributed by atoms with Gasteiger partial charge in [-0.3, -0.25) is 4.79 Å². The van der Waals surface area contributed by atoms with Crippen LogP contribution >= 0.6 is 0 Å². The number of aromatic nitrogens is 4. The summed E-state index contributed by atoms with van der Waals surface area (Å²) in [6.45, 7) is 3.72. The highest BCUT2D eigenvalue weighted by Gasteiger charge is 2.11. The van der Waals surface area contributed by atoms with Gasteiger partial charge in [-0.2, -0.15) is 5.10 Å². The van der Waals surface area contributed by atoms with Crippen molar-refractivity contribution in [1.29, 1.82) is 0 Å². The molecule has 0 atom stereocenters. The number of hydrogen-bond donors (Lipinski definition) is 1. The van der Waals surface area contributed by atoms with Crippen LogP contribution in [-0.2, 0) is 11.2 Å². The molecule has 0 bridgehead atoms. The number of amides is 1. The van der Waals surface area contributed by atoms with Crippen LogP contribution in [0.2, 0.25) is 0 Å². The third-order valence-corrected chi connectivity index (χ3v) is 3.31. The van der Waals surface area contributed by atoms with Gasteiger partial charge in [-0.15, -0.1) is 0 Å². The van der Waals surface area contributed by atoms with Crippen LogP contribution in [0, 0.1) is 13.8 Å². The van der Waals surface area contributed by atoms with E-state index in [-0.39, 0.29) is 5.91 Å². The summed E-state index contributed by atoms with van der Waals surface area (Å²) in [6, 6.07) is 1.79. The molecule has 1 N–H and O–H groups in total. The van der Waals surface area contributed by atoms with Crippen molar-refractivity contribution in [2.24, 2.45) is 0 Å². The number of fused-ring (bicyclic) bond motifs is 1. The summed E-state index contributed by atoms with van der Waals surface area (Å²) in [5.74, 6) is 0.684. The number of rotatable bonds is 4. The number of carbonyl (C=O) groups is 1. The molecule has 0 saturated heterocycles. The molecular weight excluding hydrogens is 270 g/mol. The number of hydrogen-bond acceptors (Lipinski definition) is 5. The molecule has 3 heterocycles. The van der Waals surface area contributed by atoms with Crippen LogP contribution in [0.4, 0.5) is 5.69 Å². The Morgan fingerprint density at radius 3 is 3.05 bits per heavy atom. The molecule has 7 nitrogen and oxygen atoms in total. The number of anilines is 1. The summed E-state index contributed by atoms with van der Waals surface area (Å²) < 4.78 is 6.70. The molecule has 21 heavy (non-hydrogen) atoms. The molecule has 1 amide bonds. The van der Waals surface area contributed by atoms with E-state index in [0.717, 1.165) is 22.7 Å². The van der Waals surface area contributed by atoms with E-state index in [9.17, 15) is 4.79 Å². The summed E-state index contributed by atoms with van der Waals surface area (Å²) in [5, 5.41) is 10.8. The zero-order valence-electron chi connectivity index (χ0n) is 11.8. The Labute approximate surface area is 121 Å². The molecule has 3 aromatic rings. The fourth-order valence-corrected chi connectivity index (χ4v) is 2.20.